The van der Waals surface area contributed by atoms with E-state index in [-0.39, 0.29) is 37.4 Å². The summed E-state index contributed by atoms with van der Waals surface area (Å²) in [7, 11) is 0. The van der Waals surface area contributed by atoms with Crippen LogP contribution in [0.4, 0.5) is 0 Å². The van der Waals surface area contributed by atoms with E-state index in [0.29, 0.717) is 0 Å². The Bertz CT molecular complexity index is 6.00. The predicted molar refractivity (Wildman–Crippen MR) is 2.62 cm³/mol. The molecule has 0 saturated carbocycles. The van der Waals surface area contributed by atoms with E-state index >= 15 is 0 Å². The molecule has 2 nitrogen and oxygen atoms in total. The molecule has 0 spiro atoms. The third-order valence-corrected chi connectivity index (χ3v) is 0. The van der Waals surface area contributed by atoms with Gasteiger partial charge in [-0.25, -0.2) is 0 Å². The molecule has 0 unspecified atom stereocenters. The Morgan fingerprint density at radius 2 is 1.00 bits per heavy atom. The van der Waals surface area contributed by atoms with Crippen molar-refractivity contribution in [1.29, 1.82) is 0 Å². The Balaban J connectivity index is 0. The first-order chi connectivity index (χ1) is 0. The maximum Gasteiger partial charge on any atom is 4.00 e. The standard InChI is InChI=1S/FH.H2O.O.Ti/h1H;1H2;;/q;;-2;+4/p-2. The van der Waals surface area contributed by atoms with Crippen LogP contribution in [0.15, 0.2) is 0 Å². The summed E-state index contributed by atoms with van der Waals surface area (Å²) in [5, 5.41) is 0. The van der Waals surface area contributed by atoms with Gasteiger partial charge >= 0.3 is 21.7 Å². The molecule has 0 aliphatic carbocycles. The summed E-state index contributed by atoms with van der Waals surface area (Å²) in [6.45, 7) is 0. The van der Waals surface area contributed by atoms with Crippen LogP contribution in [-0.4, -0.2) is 5.48 Å². The van der Waals surface area contributed by atoms with Crippen LogP contribution in [0.3, 0.4) is 0 Å². The monoisotopic (exact) mass is 99.9 g/mol. The molecule has 4 heteroatoms. The van der Waals surface area contributed by atoms with Gasteiger partial charge in [0.2, 0.25) is 0 Å². The average Bonchev–Trinajstić information content (AvgIpc) is 0. The number of halogens is 1. The molecule has 24 valence electrons. The molecular weight excluding hydrogens is 98.9 g/mol. The van der Waals surface area contributed by atoms with Crippen molar-refractivity contribution >= 4 is 0 Å². The van der Waals surface area contributed by atoms with Crippen LogP contribution in [0.5, 0.6) is 0 Å². The molecular formula is HFO2Ti. The van der Waals surface area contributed by atoms with Crippen LogP contribution in [0.25, 0.3) is 0 Å². The van der Waals surface area contributed by atoms with Crippen LogP contribution in [0, 0.1) is 0 Å². The SMILES string of the molecule is [F-].[O-2].[OH-].[Ti+4]. The largest absolute Gasteiger partial charge is 4.00 e. The molecule has 0 radical (unpaired) electrons. The van der Waals surface area contributed by atoms with Crippen molar-refractivity contribution in [2.45, 2.75) is 0 Å². The fourth-order valence-electron chi connectivity index (χ4n) is 0. The summed E-state index contributed by atoms with van der Waals surface area (Å²) < 4.78 is 0. The van der Waals surface area contributed by atoms with E-state index in [4.69, 9.17) is 0 Å². The van der Waals surface area contributed by atoms with Gasteiger partial charge in [0.1, 0.15) is 0 Å². The van der Waals surface area contributed by atoms with E-state index in [0.717, 1.165) is 0 Å². The third-order valence-electron chi connectivity index (χ3n) is 0. The summed E-state index contributed by atoms with van der Waals surface area (Å²) in [5.74, 6) is 0. The number of rotatable bonds is 0. The van der Waals surface area contributed by atoms with Crippen LogP contribution in [-0.2, 0) is 27.2 Å². The van der Waals surface area contributed by atoms with E-state index in [1.165, 1.54) is 0 Å². The predicted octanol–water partition coefficient (Wildman–Crippen LogP) is -3.29. The molecule has 0 aromatic carbocycles. The van der Waals surface area contributed by atoms with Crippen LogP contribution in [0.2, 0.25) is 0 Å². The van der Waals surface area contributed by atoms with E-state index < -0.39 is 0 Å². The zero-order chi connectivity index (χ0) is 0. The molecule has 4 heavy (non-hydrogen) atoms. The van der Waals surface area contributed by atoms with E-state index in [2.05, 4.69) is 0 Å². The number of hydrogen-bond donors (Lipinski definition) is 0. The fourth-order valence-corrected chi connectivity index (χ4v) is 0. The normalized spacial score (nSPS) is 0. The van der Waals surface area contributed by atoms with Crippen molar-refractivity contribution in [3.8, 4) is 0 Å². The fraction of sp³-hybridized carbons (Fsp3) is 0. The molecule has 0 bridgehead atoms. The second kappa shape index (κ2) is 73.6. The first-order valence-corrected chi connectivity index (χ1v) is 0. The van der Waals surface area contributed by atoms with Crippen molar-refractivity contribution in [3.05, 3.63) is 0 Å². The Morgan fingerprint density at radius 1 is 1.00 bits per heavy atom. The van der Waals surface area contributed by atoms with Crippen molar-refractivity contribution < 1.29 is 37.4 Å². The van der Waals surface area contributed by atoms with E-state index in [1.807, 2.05) is 0 Å². The van der Waals surface area contributed by atoms with E-state index in [1.54, 1.807) is 0 Å². The van der Waals surface area contributed by atoms with Gasteiger partial charge in [-0.15, -0.1) is 0 Å². The van der Waals surface area contributed by atoms with Gasteiger partial charge in [-0.1, -0.05) is 0 Å². The smallest absolute Gasteiger partial charge is 2.00 e. The van der Waals surface area contributed by atoms with Gasteiger partial charge in [-0.05, 0) is 0 Å². The zero-order valence-electron chi connectivity index (χ0n) is 1.73. The van der Waals surface area contributed by atoms with Gasteiger partial charge in [0.05, 0.1) is 0 Å². The van der Waals surface area contributed by atoms with Crippen LogP contribution < -0.4 is 4.70 Å². The van der Waals surface area contributed by atoms with Crippen molar-refractivity contribution in [3.63, 3.8) is 0 Å². The van der Waals surface area contributed by atoms with Crippen LogP contribution in [0.1, 0.15) is 0 Å². The van der Waals surface area contributed by atoms with Gasteiger partial charge in [0, 0.05) is 0 Å². The minimum atomic E-state index is 0. The maximum atomic E-state index is 0. The second-order valence-corrected chi connectivity index (χ2v) is 0. The molecule has 0 rings (SSSR count). The Morgan fingerprint density at radius 3 is 1.00 bits per heavy atom. The van der Waals surface area contributed by atoms with Crippen molar-refractivity contribution in [1.82, 2.24) is 0 Å². The molecule has 0 amide bonds. The molecule has 0 heterocycles. The zero-order valence-corrected chi connectivity index (χ0v) is 3.29. The molecule has 0 aliphatic rings. The van der Waals surface area contributed by atoms with Gasteiger partial charge in [0.25, 0.3) is 0 Å². The van der Waals surface area contributed by atoms with E-state index in [9.17, 15) is 0 Å². The van der Waals surface area contributed by atoms with Crippen molar-refractivity contribution in [2.75, 3.05) is 0 Å². The Kier molecular flexibility index (Phi) is 3350. The molecule has 0 aromatic rings. The third kappa shape index (κ3) is 19.7. The summed E-state index contributed by atoms with van der Waals surface area (Å²) >= 11 is 0. The van der Waals surface area contributed by atoms with Crippen molar-refractivity contribution in [2.24, 2.45) is 0 Å². The quantitative estimate of drug-likeness (QED) is 0.294. The van der Waals surface area contributed by atoms with Crippen LogP contribution >= 0.6 is 0 Å². The topological polar surface area (TPSA) is 58.5 Å². The Labute approximate surface area is 38.1 Å². The van der Waals surface area contributed by atoms with Gasteiger partial charge < -0.3 is 15.7 Å². The van der Waals surface area contributed by atoms with Gasteiger partial charge in [-0.3, -0.25) is 0 Å². The first kappa shape index (κ1) is 182. The molecule has 0 fully saturated rings. The van der Waals surface area contributed by atoms with Gasteiger partial charge in [-0.2, -0.15) is 0 Å². The first-order valence-electron chi connectivity index (χ1n) is 0. The average molecular weight is 99.9 g/mol. The minimum absolute atomic E-state index is 0. The summed E-state index contributed by atoms with van der Waals surface area (Å²) in [6.07, 6.45) is 0. The second-order valence-electron chi connectivity index (χ2n) is 0. The summed E-state index contributed by atoms with van der Waals surface area (Å²) in [6, 6.07) is 0. The summed E-state index contributed by atoms with van der Waals surface area (Å²) in [5.41, 5.74) is 0. The number of hydrogen-bond acceptors (Lipinski definition) is 1. The minimum Gasteiger partial charge on any atom is -2.00 e. The molecule has 1 N–H and O–H groups in total. The Hall–Kier alpha value is 0.564. The maximum absolute atomic E-state index is 0. The van der Waals surface area contributed by atoms with Gasteiger partial charge in [0.15, 0.2) is 0 Å². The molecule has 0 aliphatic heterocycles. The molecule has 0 atom stereocenters. The molecule has 0 aromatic heterocycles. The molecule has 0 saturated heterocycles. The summed E-state index contributed by atoms with van der Waals surface area (Å²) in [4.78, 5) is 0.